The lowest BCUT2D eigenvalue weighted by molar-refractivity contribution is -0.159. The number of benzene rings is 2. The number of ether oxygens (including phenoxy) is 1. The highest BCUT2D eigenvalue weighted by atomic mass is 19.4. The van der Waals surface area contributed by atoms with Crippen LogP contribution >= 0.6 is 0 Å². The monoisotopic (exact) mass is 417 g/mol. The second-order valence-electron chi connectivity index (χ2n) is 6.33. The molecule has 3 rings (SSSR count). The summed E-state index contributed by atoms with van der Waals surface area (Å²) in [5.74, 6) is -1.32. The zero-order valence-electron chi connectivity index (χ0n) is 15.9. The average Bonchev–Trinajstić information content (AvgIpc) is 3.22. The Labute approximate surface area is 170 Å². The molecule has 2 aromatic carbocycles. The minimum atomic E-state index is -4.69. The Hall–Kier alpha value is -3.62. The number of halogens is 3. The highest BCUT2D eigenvalue weighted by Crippen LogP contribution is 2.29. The van der Waals surface area contributed by atoms with E-state index in [0.717, 1.165) is 11.1 Å². The predicted molar refractivity (Wildman–Crippen MR) is 103 cm³/mol. The number of carbonyl (C=O) groups is 1. The van der Waals surface area contributed by atoms with E-state index in [1.54, 1.807) is 18.2 Å². The first kappa shape index (κ1) is 21.1. The molecule has 1 amide bonds. The second-order valence-corrected chi connectivity index (χ2v) is 6.33. The van der Waals surface area contributed by atoms with Crippen LogP contribution in [0.1, 0.15) is 17.0 Å². The van der Waals surface area contributed by atoms with E-state index in [1.807, 2.05) is 31.2 Å². The molecular weight excluding hydrogens is 399 g/mol. The van der Waals surface area contributed by atoms with Gasteiger partial charge in [-0.2, -0.15) is 18.2 Å². The highest BCUT2D eigenvalue weighted by molar-refractivity contribution is 5.91. The second kappa shape index (κ2) is 9.25. The van der Waals surface area contributed by atoms with Crippen LogP contribution in [0.25, 0.3) is 17.5 Å². The largest absolute Gasteiger partial charge is 0.492 e. The van der Waals surface area contributed by atoms with Crippen LogP contribution < -0.4 is 10.1 Å². The molecule has 0 saturated heterocycles. The summed E-state index contributed by atoms with van der Waals surface area (Å²) >= 11 is 0. The van der Waals surface area contributed by atoms with Gasteiger partial charge in [0.2, 0.25) is 11.7 Å². The van der Waals surface area contributed by atoms with Gasteiger partial charge in [-0.05, 0) is 42.8 Å². The Kier molecular flexibility index (Phi) is 6.51. The van der Waals surface area contributed by atoms with Crippen molar-refractivity contribution < 1.29 is 27.2 Å². The summed E-state index contributed by atoms with van der Waals surface area (Å²) in [6.07, 6.45) is -1.52. The Morgan fingerprint density at radius 2 is 1.83 bits per heavy atom. The topological polar surface area (TPSA) is 77.2 Å². The molecule has 1 heterocycles. The van der Waals surface area contributed by atoms with E-state index >= 15 is 0 Å². The maximum atomic E-state index is 12.5. The molecule has 156 valence electrons. The summed E-state index contributed by atoms with van der Waals surface area (Å²) < 4.78 is 47.2. The molecule has 0 fully saturated rings. The Morgan fingerprint density at radius 3 is 2.47 bits per heavy atom. The lowest BCUT2D eigenvalue weighted by Crippen LogP contribution is -2.26. The maximum absolute atomic E-state index is 12.5. The Bertz CT molecular complexity index is 1010. The predicted octanol–water partition coefficient (Wildman–Crippen LogP) is 4.27. The summed E-state index contributed by atoms with van der Waals surface area (Å²) in [4.78, 5) is 15.1. The molecule has 0 radical (unpaired) electrons. The smallest absolute Gasteiger partial charge is 0.471 e. The van der Waals surface area contributed by atoms with E-state index in [-0.39, 0.29) is 18.3 Å². The van der Waals surface area contributed by atoms with Gasteiger partial charge in [0.15, 0.2) is 0 Å². The molecule has 0 aliphatic heterocycles. The normalized spacial score (nSPS) is 11.6. The standard InChI is InChI=1S/C21H18F3N3O3/c1-14-2-4-15(5-3-14)6-11-18(28)25-12-13-29-17-9-7-16(8-10-17)19-26-20(30-27-19)21(22,23)24/h2-11H,12-13H2,1H3,(H,25,28)/b11-6+. The van der Waals surface area contributed by atoms with Gasteiger partial charge in [0.1, 0.15) is 12.4 Å². The molecular formula is C21H18F3N3O3. The van der Waals surface area contributed by atoms with Crippen LogP contribution in [0.15, 0.2) is 59.1 Å². The SMILES string of the molecule is Cc1ccc(/C=C/C(=O)NCCOc2ccc(-c3noc(C(F)(F)F)n3)cc2)cc1. The number of carbonyl (C=O) groups excluding carboxylic acids is 1. The van der Waals surface area contributed by atoms with Gasteiger partial charge < -0.3 is 14.6 Å². The molecule has 30 heavy (non-hydrogen) atoms. The third kappa shape index (κ3) is 5.94. The van der Waals surface area contributed by atoms with E-state index in [0.29, 0.717) is 17.9 Å². The summed E-state index contributed by atoms with van der Waals surface area (Å²) in [6.45, 7) is 2.51. The zero-order chi connectivity index (χ0) is 21.6. The summed E-state index contributed by atoms with van der Waals surface area (Å²) in [6, 6.07) is 13.9. The number of alkyl halides is 3. The minimum absolute atomic E-state index is 0.165. The average molecular weight is 417 g/mol. The number of nitrogens with one attached hydrogen (secondary N) is 1. The Morgan fingerprint density at radius 1 is 1.13 bits per heavy atom. The molecule has 9 heteroatoms. The fourth-order valence-electron chi connectivity index (χ4n) is 2.41. The molecule has 0 atom stereocenters. The first-order valence-corrected chi connectivity index (χ1v) is 8.98. The van der Waals surface area contributed by atoms with Gasteiger partial charge in [-0.15, -0.1) is 0 Å². The van der Waals surface area contributed by atoms with Gasteiger partial charge in [-0.25, -0.2) is 0 Å². The van der Waals surface area contributed by atoms with Gasteiger partial charge in [-0.3, -0.25) is 4.79 Å². The van der Waals surface area contributed by atoms with Crippen LogP contribution in [0.4, 0.5) is 13.2 Å². The molecule has 1 aromatic heterocycles. The fourth-order valence-corrected chi connectivity index (χ4v) is 2.41. The van der Waals surface area contributed by atoms with Crippen LogP contribution in [-0.4, -0.2) is 29.2 Å². The van der Waals surface area contributed by atoms with Crippen molar-refractivity contribution >= 4 is 12.0 Å². The third-order valence-electron chi connectivity index (χ3n) is 3.96. The van der Waals surface area contributed by atoms with Crippen LogP contribution in [0.3, 0.4) is 0 Å². The number of amides is 1. The van der Waals surface area contributed by atoms with Gasteiger partial charge in [-0.1, -0.05) is 35.0 Å². The van der Waals surface area contributed by atoms with Gasteiger partial charge in [0, 0.05) is 11.6 Å². The van der Waals surface area contributed by atoms with E-state index in [4.69, 9.17) is 4.74 Å². The van der Waals surface area contributed by atoms with E-state index in [9.17, 15) is 18.0 Å². The van der Waals surface area contributed by atoms with Gasteiger partial charge in [0.05, 0.1) is 6.54 Å². The number of hydrogen-bond donors (Lipinski definition) is 1. The van der Waals surface area contributed by atoms with Crippen molar-refractivity contribution in [3.63, 3.8) is 0 Å². The van der Waals surface area contributed by atoms with Crippen molar-refractivity contribution in [2.45, 2.75) is 13.1 Å². The van der Waals surface area contributed by atoms with Crippen molar-refractivity contribution in [2.24, 2.45) is 0 Å². The lowest BCUT2D eigenvalue weighted by Gasteiger charge is -2.07. The molecule has 6 nitrogen and oxygen atoms in total. The highest BCUT2D eigenvalue weighted by Gasteiger charge is 2.38. The zero-order valence-corrected chi connectivity index (χ0v) is 15.9. The number of nitrogens with zero attached hydrogens (tertiary/aromatic N) is 2. The lowest BCUT2D eigenvalue weighted by atomic mass is 10.1. The summed E-state index contributed by atoms with van der Waals surface area (Å²) in [5.41, 5.74) is 2.43. The van der Waals surface area contributed by atoms with Crippen molar-refractivity contribution in [1.29, 1.82) is 0 Å². The molecule has 0 aliphatic carbocycles. The number of hydrogen-bond acceptors (Lipinski definition) is 5. The first-order chi connectivity index (χ1) is 14.3. The summed E-state index contributed by atoms with van der Waals surface area (Å²) in [7, 11) is 0. The van der Waals surface area contributed by atoms with Crippen molar-refractivity contribution in [1.82, 2.24) is 15.5 Å². The molecule has 1 N–H and O–H groups in total. The van der Waals surface area contributed by atoms with Crippen molar-refractivity contribution in [3.8, 4) is 17.1 Å². The van der Waals surface area contributed by atoms with Gasteiger partial charge >= 0.3 is 12.1 Å². The van der Waals surface area contributed by atoms with Crippen LogP contribution in [0, 0.1) is 6.92 Å². The van der Waals surface area contributed by atoms with E-state index in [1.165, 1.54) is 18.2 Å². The fraction of sp³-hybridized carbons (Fsp3) is 0.190. The van der Waals surface area contributed by atoms with Crippen molar-refractivity contribution in [3.05, 3.63) is 71.6 Å². The van der Waals surface area contributed by atoms with E-state index < -0.39 is 12.1 Å². The summed E-state index contributed by atoms with van der Waals surface area (Å²) in [5, 5.41) is 6.02. The number of aryl methyl sites for hydroxylation is 1. The van der Waals surface area contributed by atoms with Crippen molar-refractivity contribution in [2.75, 3.05) is 13.2 Å². The van der Waals surface area contributed by atoms with Gasteiger partial charge in [0.25, 0.3) is 0 Å². The van der Waals surface area contributed by atoms with Crippen LogP contribution in [0.5, 0.6) is 5.75 Å². The molecule has 3 aromatic rings. The maximum Gasteiger partial charge on any atom is 0.471 e. The third-order valence-corrected chi connectivity index (χ3v) is 3.96. The van der Waals surface area contributed by atoms with E-state index in [2.05, 4.69) is 20.0 Å². The van der Waals surface area contributed by atoms with Crippen LogP contribution in [-0.2, 0) is 11.0 Å². The number of rotatable bonds is 7. The van der Waals surface area contributed by atoms with Crippen LogP contribution in [0.2, 0.25) is 0 Å². The molecule has 0 unspecified atom stereocenters. The first-order valence-electron chi connectivity index (χ1n) is 8.98. The quantitative estimate of drug-likeness (QED) is 0.459. The molecule has 0 saturated carbocycles. The Balaban J connectivity index is 1.43. The molecule has 0 bridgehead atoms. The molecule has 0 spiro atoms. The number of aromatic nitrogens is 2. The minimum Gasteiger partial charge on any atom is -0.492 e. The molecule has 0 aliphatic rings.